The molecule has 2 rings (SSSR count). The van der Waals surface area contributed by atoms with Gasteiger partial charge in [0.1, 0.15) is 12.6 Å². The Balaban J connectivity index is 2.29. The second-order valence-corrected chi connectivity index (χ2v) is 4.61. The predicted molar refractivity (Wildman–Crippen MR) is 62.9 cm³/mol. The topological polar surface area (TPSA) is 46.6 Å². The van der Waals surface area contributed by atoms with Gasteiger partial charge in [0.2, 0.25) is 0 Å². The smallest absolute Gasteiger partial charge is 0.417 e. The average Bonchev–Trinajstić information content (AvgIpc) is 2.71. The first-order chi connectivity index (χ1) is 8.11. The van der Waals surface area contributed by atoms with E-state index in [4.69, 9.17) is 27.9 Å². The number of imide groups is 1. The van der Waals surface area contributed by atoms with E-state index in [-0.39, 0.29) is 6.61 Å². The Kier molecular flexibility index (Phi) is 3.54. The lowest BCUT2D eigenvalue weighted by Gasteiger charge is -2.20. The van der Waals surface area contributed by atoms with E-state index in [0.29, 0.717) is 0 Å². The minimum atomic E-state index is -1.27. The van der Waals surface area contributed by atoms with Crippen LogP contribution in [0.1, 0.15) is 11.6 Å². The largest absolute Gasteiger partial charge is 0.446 e. The van der Waals surface area contributed by atoms with E-state index in [1.54, 1.807) is 0 Å². The fourth-order valence-electron chi connectivity index (χ4n) is 1.69. The highest BCUT2D eigenvalue weighted by atomic mass is 35.5. The summed E-state index contributed by atoms with van der Waals surface area (Å²) in [5, 5.41) is 0. The third kappa shape index (κ3) is 2.37. The van der Waals surface area contributed by atoms with Gasteiger partial charge in [-0.1, -0.05) is 53.5 Å². The number of nitrogens with zero attached hydrogens (tertiary/aromatic N) is 1. The maximum absolute atomic E-state index is 11.7. The van der Waals surface area contributed by atoms with Gasteiger partial charge in [0.15, 0.2) is 4.84 Å². The Morgan fingerprint density at radius 2 is 2.00 bits per heavy atom. The van der Waals surface area contributed by atoms with E-state index < -0.39 is 22.9 Å². The molecule has 1 aliphatic heterocycles. The molecule has 0 N–H and O–H groups in total. The van der Waals surface area contributed by atoms with Crippen LogP contribution in [0.3, 0.4) is 0 Å². The van der Waals surface area contributed by atoms with Crippen LogP contribution in [-0.4, -0.2) is 28.3 Å². The molecule has 90 valence electrons. The lowest BCUT2D eigenvalue weighted by Crippen LogP contribution is -2.37. The van der Waals surface area contributed by atoms with Crippen molar-refractivity contribution in [3.8, 4) is 0 Å². The van der Waals surface area contributed by atoms with Crippen molar-refractivity contribution in [2.24, 2.45) is 0 Å². The Hall–Kier alpha value is -1.26. The van der Waals surface area contributed by atoms with E-state index in [1.807, 2.05) is 30.3 Å². The number of benzene rings is 1. The molecule has 6 heteroatoms. The number of hydrogen-bond acceptors (Lipinski definition) is 3. The predicted octanol–water partition coefficient (Wildman–Crippen LogP) is 2.51. The third-order valence-corrected chi connectivity index (χ3v) is 2.85. The van der Waals surface area contributed by atoms with Crippen LogP contribution in [0.2, 0.25) is 0 Å². The van der Waals surface area contributed by atoms with Crippen LogP contribution in [0.5, 0.6) is 0 Å². The van der Waals surface area contributed by atoms with Crippen molar-refractivity contribution in [3.05, 3.63) is 35.9 Å². The minimum Gasteiger partial charge on any atom is -0.446 e. The molecule has 1 aromatic carbocycles. The van der Waals surface area contributed by atoms with Crippen molar-refractivity contribution in [2.45, 2.75) is 10.9 Å². The van der Waals surface area contributed by atoms with Crippen LogP contribution in [0.25, 0.3) is 0 Å². The number of alkyl halides is 2. The first-order valence-electron chi connectivity index (χ1n) is 4.94. The fourth-order valence-corrected chi connectivity index (χ4v) is 1.90. The number of carbonyl (C=O) groups excluding carboxylic acids is 2. The maximum atomic E-state index is 11.7. The SMILES string of the molecule is O=C1OCC(c2ccccc2)N1C(=O)C(Cl)Cl. The molecule has 1 saturated heterocycles. The minimum absolute atomic E-state index is 0.120. The number of amides is 2. The molecular formula is C11H9Cl2NO3. The Morgan fingerprint density at radius 3 is 2.59 bits per heavy atom. The van der Waals surface area contributed by atoms with Gasteiger partial charge < -0.3 is 4.74 Å². The fraction of sp³-hybridized carbons (Fsp3) is 0.273. The highest BCUT2D eigenvalue weighted by molar-refractivity contribution is 6.53. The average molecular weight is 274 g/mol. The normalized spacial score (nSPS) is 19.6. The molecule has 0 radical (unpaired) electrons. The Bertz CT molecular complexity index is 436. The molecule has 1 atom stereocenters. The summed E-state index contributed by atoms with van der Waals surface area (Å²) in [6.07, 6.45) is -0.713. The molecule has 0 bridgehead atoms. The highest BCUT2D eigenvalue weighted by Crippen LogP contribution is 2.29. The van der Waals surface area contributed by atoms with Gasteiger partial charge in [0.05, 0.1) is 0 Å². The zero-order valence-corrected chi connectivity index (χ0v) is 10.2. The van der Waals surface area contributed by atoms with E-state index in [2.05, 4.69) is 0 Å². The van der Waals surface area contributed by atoms with Gasteiger partial charge in [-0.3, -0.25) is 4.79 Å². The van der Waals surface area contributed by atoms with Crippen LogP contribution in [0.15, 0.2) is 30.3 Å². The zero-order chi connectivity index (χ0) is 12.4. The summed E-state index contributed by atoms with van der Waals surface area (Å²) in [5.74, 6) is -0.662. The van der Waals surface area contributed by atoms with Gasteiger partial charge in [-0.05, 0) is 5.56 Å². The summed E-state index contributed by atoms with van der Waals surface area (Å²) in [7, 11) is 0. The number of rotatable bonds is 2. The lowest BCUT2D eigenvalue weighted by molar-refractivity contribution is -0.127. The second kappa shape index (κ2) is 4.94. The number of halogens is 2. The van der Waals surface area contributed by atoms with Crippen LogP contribution in [0, 0.1) is 0 Å². The van der Waals surface area contributed by atoms with Crippen molar-refractivity contribution in [2.75, 3.05) is 6.61 Å². The van der Waals surface area contributed by atoms with Crippen molar-refractivity contribution in [1.29, 1.82) is 0 Å². The van der Waals surface area contributed by atoms with Gasteiger partial charge in [-0.15, -0.1) is 0 Å². The van der Waals surface area contributed by atoms with Crippen molar-refractivity contribution < 1.29 is 14.3 Å². The maximum Gasteiger partial charge on any atom is 0.417 e. The molecule has 1 unspecified atom stereocenters. The number of cyclic esters (lactones) is 1. The molecule has 1 fully saturated rings. The van der Waals surface area contributed by atoms with Gasteiger partial charge in [-0.25, -0.2) is 9.69 Å². The van der Waals surface area contributed by atoms with Gasteiger partial charge in [0.25, 0.3) is 5.91 Å². The molecule has 0 aliphatic carbocycles. The van der Waals surface area contributed by atoms with Gasteiger partial charge in [0, 0.05) is 0 Å². The third-order valence-electron chi connectivity index (χ3n) is 2.48. The van der Waals surface area contributed by atoms with Crippen molar-refractivity contribution in [1.82, 2.24) is 4.90 Å². The van der Waals surface area contributed by atoms with E-state index >= 15 is 0 Å². The molecule has 0 aromatic heterocycles. The molecule has 1 heterocycles. The summed E-state index contributed by atoms with van der Waals surface area (Å²) < 4.78 is 4.85. The molecule has 1 aromatic rings. The summed E-state index contributed by atoms with van der Waals surface area (Å²) in [4.78, 5) is 22.9. The first-order valence-corrected chi connectivity index (χ1v) is 5.81. The summed E-state index contributed by atoms with van der Waals surface area (Å²) in [6, 6.07) is 8.64. The van der Waals surface area contributed by atoms with E-state index in [9.17, 15) is 9.59 Å². The molecule has 4 nitrogen and oxygen atoms in total. The zero-order valence-electron chi connectivity index (χ0n) is 8.68. The van der Waals surface area contributed by atoms with Crippen molar-refractivity contribution >= 4 is 35.2 Å². The number of ether oxygens (including phenoxy) is 1. The molecule has 0 spiro atoms. The van der Waals surface area contributed by atoms with Crippen LogP contribution in [0.4, 0.5) is 4.79 Å². The molecule has 1 aliphatic rings. The number of hydrogen-bond donors (Lipinski definition) is 0. The van der Waals surface area contributed by atoms with Gasteiger partial charge >= 0.3 is 6.09 Å². The molecule has 0 saturated carbocycles. The quantitative estimate of drug-likeness (QED) is 0.778. The summed E-state index contributed by atoms with van der Waals surface area (Å²) in [5.41, 5.74) is 0.806. The second-order valence-electron chi connectivity index (χ2n) is 3.51. The molecule has 2 amide bonds. The highest BCUT2D eigenvalue weighted by Gasteiger charge is 2.40. The van der Waals surface area contributed by atoms with Gasteiger partial charge in [-0.2, -0.15) is 0 Å². The monoisotopic (exact) mass is 273 g/mol. The first kappa shape index (κ1) is 12.2. The molecule has 17 heavy (non-hydrogen) atoms. The van der Waals surface area contributed by atoms with Crippen LogP contribution in [-0.2, 0) is 9.53 Å². The van der Waals surface area contributed by atoms with E-state index in [1.165, 1.54) is 0 Å². The lowest BCUT2D eigenvalue weighted by atomic mass is 10.1. The number of carbonyl (C=O) groups is 2. The van der Waals surface area contributed by atoms with E-state index in [0.717, 1.165) is 10.5 Å². The van der Waals surface area contributed by atoms with Crippen molar-refractivity contribution in [3.63, 3.8) is 0 Å². The van der Waals surface area contributed by atoms with Crippen LogP contribution >= 0.6 is 23.2 Å². The standard InChI is InChI=1S/C11H9Cl2NO3/c12-9(13)10(15)14-8(6-17-11(14)16)7-4-2-1-3-5-7/h1-5,8-9H,6H2. The Labute approximate surface area is 108 Å². The summed E-state index contributed by atoms with van der Waals surface area (Å²) in [6.45, 7) is 0.120. The Morgan fingerprint density at radius 1 is 1.35 bits per heavy atom. The van der Waals surface area contributed by atoms with Crippen LogP contribution < -0.4 is 0 Å². The molecular weight excluding hydrogens is 265 g/mol. The summed E-state index contributed by atoms with van der Waals surface area (Å²) >= 11 is 11.0.